The highest BCUT2D eigenvalue weighted by Crippen LogP contribution is 2.27. The van der Waals surface area contributed by atoms with E-state index in [2.05, 4.69) is 16.0 Å². The maximum atomic E-state index is 11.0. The summed E-state index contributed by atoms with van der Waals surface area (Å²) in [5.74, 6) is -0.0826. The zero-order chi connectivity index (χ0) is 9.97. The summed E-state index contributed by atoms with van der Waals surface area (Å²) in [6.07, 6.45) is 0.597. The number of hydrogen-bond acceptors (Lipinski definition) is 3. The minimum Gasteiger partial charge on any atom is -0.374 e. The van der Waals surface area contributed by atoms with Crippen LogP contribution in [-0.4, -0.2) is 18.9 Å². The highest BCUT2D eigenvalue weighted by atomic mass is 16.2. The third-order valence-electron chi connectivity index (χ3n) is 1.96. The molecule has 1 aliphatic rings. The number of carbonyl (C=O) groups is 2. The molecule has 72 valence electrons. The van der Waals surface area contributed by atoms with E-state index in [1.807, 2.05) is 0 Å². The van der Waals surface area contributed by atoms with Gasteiger partial charge in [-0.25, -0.2) is 0 Å². The fraction of sp³-hybridized carbons (Fsp3) is 0.111. The lowest BCUT2D eigenvalue weighted by molar-refractivity contribution is -0.114. The molecular formula is C9H9N3O2. The first kappa shape index (κ1) is 8.55. The number of carbonyl (C=O) groups excluding carboxylic acids is 2. The highest BCUT2D eigenvalue weighted by molar-refractivity contribution is 6.01. The normalized spacial score (nSPS) is 13.6. The second-order valence-electron chi connectivity index (χ2n) is 2.92. The SMILES string of the molecule is O=CNc1ccc2c(c1)NC(=O)CN2. The number of nitrogens with one attached hydrogen (secondary N) is 3. The van der Waals surface area contributed by atoms with Crippen molar-refractivity contribution in [2.45, 2.75) is 0 Å². The minimum atomic E-state index is -0.0826. The van der Waals surface area contributed by atoms with Crippen LogP contribution in [-0.2, 0) is 9.59 Å². The Morgan fingerprint density at radius 1 is 1.36 bits per heavy atom. The molecule has 5 heteroatoms. The number of anilines is 3. The Bertz CT molecular complexity index is 390. The summed E-state index contributed by atoms with van der Waals surface area (Å²) < 4.78 is 0. The molecule has 1 aromatic carbocycles. The standard InChI is InChI=1S/C9H9N3O2/c13-5-11-6-1-2-7-8(3-6)12-9(14)4-10-7/h1-3,5,10H,4H2,(H,11,13)(H,12,14). The van der Waals surface area contributed by atoms with E-state index in [0.717, 1.165) is 5.69 Å². The molecule has 0 fully saturated rings. The predicted octanol–water partition coefficient (Wildman–Crippen LogP) is 0.619. The lowest BCUT2D eigenvalue weighted by Crippen LogP contribution is -2.27. The van der Waals surface area contributed by atoms with Gasteiger partial charge < -0.3 is 16.0 Å². The van der Waals surface area contributed by atoms with Crippen molar-refractivity contribution >= 4 is 29.4 Å². The van der Waals surface area contributed by atoms with Crippen molar-refractivity contribution < 1.29 is 9.59 Å². The van der Waals surface area contributed by atoms with E-state index in [0.29, 0.717) is 17.8 Å². The van der Waals surface area contributed by atoms with Crippen LogP contribution in [0.15, 0.2) is 18.2 Å². The third-order valence-corrected chi connectivity index (χ3v) is 1.96. The quantitative estimate of drug-likeness (QED) is 0.600. The van der Waals surface area contributed by atoms with E-state index < -0.39 is 0 Å². The van der Waals surface area contributed by atoms with E-state index in [1.54, 1.807) is 18.2 Å². The number of rotatable bonds is 2. The molecule has 0 bridgehead atoms. The Morgan fingerprint density at radius 2 is 2.21 bits per heavy atom. The van der Waals surface area contributed by atoms with E-state index in [1.165, 1.54) is 0 Å². The molecule has 14 heavy (non-hydrogen) atoms. The van der Waals surface area contributed by atoms with Crippen LogP contribution >= 0.6 is 0 Å². The summed E-state index contributed by atoms with van der Waals surface area (Å²) in [6, 6.07) is 5.27. The van der Waals surface area contributed by atoms with Crippen molar-refractivity contribution in [3.8, 4) is 0 Å². The van der Waals surface area contributed by atoms with E-state index in [9.17, 15) is 9.59 Å². The zero-order valence-electron chi connectivity index (χ0n) is 7.33. The molecular weight excluding hydrogens is 182 g/mol. The van der Waals surface area contributed by atoms with Crippen molar-refractivity contribution in [2.75, 3.05) is 22.5 Å². The second-order valence-corrected chi connectivity index (χ2v) is 2.92. The van der Waals surface area contributed by atoms with Gasteiger partial charge in [-0.05, 0) is 18.2 Å². The van der Waals surface area contributed by atoms with Gasteiger partial charge in [0, 0.05) is 5.69 Å². The molecule has 2 rings (SSSR count). The third kappa shape index (κ3) is 1.52. The lowest BCUT2D eigenvalue weighted by Gasteiger charge is -2.18. The van der Waals surface area contributed by atoms with E-state index in [-0.39, 0.29) is 12.5 Å². The molecule has 1 heterocycles. The molecule has 0 saturated carbocycles. The van der Waals surface area contributed by atoms with Gasteiger partial charge in [0.2, 0.25) is 12.3 Å². The molecule has 0 aliphatic carbocycles. The molecule has 0 unspecified atom stereocenters. The summed E-state index contributed by atoms with van der Waals surface area (Å²) in [7, 11) is 0. The van der Waals surface area contributed by atoms with Gasteiger partial charge in [0.05, 0.1) is 17.9 Å². The summed E-state index contributed by atoms with van der Waals surface area (Å²) in [5.41, 5.74) is 2.21. The Morgan fingerprint density at radius 3 is 3.00 bits per heavy atom. The molecule has 3 N–H and O–H groups in total. The molecule has 0 radical (unpaired) electrons. The molecule has 0 atom stereocenters. The Labute approximate surface area is 80.5 Å². The van der Waals surface area contributed by atoms with Crippen LogP contribution in [0.5, 0.6) is 0 Å². The number of benzene rings is 1. The summed E-state index contributed by atoms with van der Waals surface area (Å²) in [6.45, 7) is 0.285. The summed E-state index contributed by atoms with van der Waals surface area (Å²) in [5, 5.41) is 8.17. The Kier molecular flexibility index (Phi) is 2.06. The number of fused-ring (bicyclic) bond motifs is 1. The van der Waals surface area contributed by atoms with Gasteiger partial charge in [-0.2, -0.15) is 0 Å². The Balaban J connectivity index is 2.32. The smallest absolute Gasteiger partial charge is 0.243 e. The van der Waals surface area contributed by atoms with Gasteiger partial charge in [-0.15, -0.1) is 0 Å². The van der Waals surface area contributed by atoms with Gasteiger partial charge in [-0.1, -0.05) is 0 Å². The van der Waals surface area contributed by atoms with Crippen LogP contribution in [0, 0.1) is 0 Å². The average molecular weight is 191 g/mol. The first-order chi connectivity index (χ1) is 6.79. The van der Waals surface area contributed by atoms with Crippen LogP contribution < -0.4 is 16.0 Å². The topological polar surface area (TPSA) is 70.2 Å². The highest BCUT2D eigenvalue weighted by Gasteiger charge is 2.13. The molecule has 5 nitrogen and oxygen atoms in total. The van der Waals surface area contributed by atoms with Gasteiger partial charge in [0.15, 0.2) is 0 Å². The van der Waals surface area contributed by atoms with Gasteiger partial charge in [0.25, 0.3) is 0 Å². The fourth-order valence-electron chi connectivity index (χ4n) is 1.33. The maximum Gasteiger partial charge on any atom is 0.243 e. The molecule has 2 amide bonds. The van der Waals surface area contributed by atoms with Crippen LogP contribution in [0.3, 0.4) is 0 Å². The molecule has 1 aromatic rings. The first-order valence-corrected chi connectivity index (χ1v) is 4.17. The van der Waals surface area contributed by atoms with E-state index >= 15 is 0 Å². The molecule has 0 saturated heterocycles. The second kappa shape index (κ2) is 3.37. The molecule has 1 aliphatic heterocycles. The average Bonchev–Trinajstić information content (AvgIpc) is 2.17. The monoisotopic (exact) mass is 191 g/mol. The largest absolute Gasteiger partial charge is 0.374 e. The van der Waals surface area contributed by atoms with E-state index in [4.69, 9.17) is 0 Å². The maximum absolute atomic E-state index is 11.0. The van der Waals surface area contributed by atoms with Crippen molar-refractivity contribution in [1.82, 2.24) is 0 Å². The first-order valence-electron chi connectivity index (χ1n) is 4.17. The van der Waals surface area contributed by atoms with Crippen LogP contribution in [0.1, 0.15) is 0 Å². The van der Waals surface area contributed by atoms with Crippen LogP contribution in [0.2, 0.25) is 0 Å². The van der Waals surface area contributed by atoms with Crippen molar-refractivity contribution in [1.29, 1.82) is 0 Å². The van der Waals surface area contributed by atoms with Crippen LogP contribution in [0.4, 0.5) is 17.1 Å². The lowest BCUT2D eigenvalue weighted by atomic mass is 10.2. The zero-order valence-corrected chi connectivity index (χ0v) is 7.33. The van der Waals surface area contributed by atoms with Gasteiger partial charge >= 0.3 is 0 Å². The number of amides is 2. The van der Waals surface area contributed by atoms with Crippen molar-refractivity contribution in [3.05, 3.63) is 18.2 Å². The summed E-state index contributed by atoms with van der Waals surface area (Å²) in [4.78, 5) is 21.2. The van der Waals surface area contributed by atoms with Crippen molar-refractivity contribution in [2.24, 2.45) is 0 Å². The van der Waals surface area contributed by atoms with Crippen molar-refractivity contribution in [3.63, 3.8) is 0 Å². The van der Waals surface area contributed by atoms with Gasteiger partial charge in [-0.3, -0.25) is 9.59 Å². The molecule has 0 aromatic heterocycles. The van der Waals surface area contributed by atoms with Crippen LogP contribution in [0.25, 0.3) is 0 Å². The van der Waals surface area contributed by atoms with Gasteiger partial charge in [0.1, 0.15) is 0 Å². The predicted molar refractivity (Wildman–Crippen MR) is 53.2 cm³/mol. The Hall–Kier alpha value is -2.04. The summed E-state index contributed by atoms with van der Waals surface area (Å²) >= 11 is 0. The fourth-order valence-corrected chi connectivity index (χ4v) is 1.33. The molecule has 0 spiro atoms. The number of hydrogen-bond donors (Lipinski definition) is 3. The minimum absolute atomic E-state index is 0.0826.